The van der Waals surface area contributed by atoms with Gasteiger partial charge in [0, 0.05) is 4.90 Å². The lowest BCUT2D eigenvalue weighted by Gasteiger charge is -2.25. The van der Waals surface area contributed by atoms with Gasteiger partial charge in [-0.1, -0.05) is 83.1 Å². The number of hydrogen-bond acceptors (Lipinski definition) is 6. The van der Waals surface area contributed by atoms with E-state index in [0.717, 1.165) is 21.6 Å². The van der Waals surface area contributed by atoms with Gasteiger partial charge in [0.25, 0.3) is 5.56 Å². The van der Waals surface area contributed by atoms with Gasteiger partial charge in [0.2, 0.25) is 0 Å². The average molecular weight is 582 g/mol. The molecular formula is C29H22Cl2N2O3S2. The molecule has 0 radical (unpaired) electrons. The minimum absolute atomic E-state index is 0.121. The van der Waals surface area contributed by atoms with Gasteiger partial charge in [0.15, 0.2) is 4.80 Å². The number of nitrogens with zero attached hydrogens (tertiary/aromatic N) is 2. The summed E-state index contributed by atoms with van der Waals surface area (Å²) in [6, 6.07) is 21.8. The number of thiazole rings is 1. The first-order valence-corrected chi connectivity index (χ1v) is 14.5. The zero-order valence-electron chi connectivity index (χ0n) is 20.5. The highest BCUT2D eigenvalue weighted by molar-refractivity contribution is 7.98. The molecule has 1 atom stereocenters. The van der Waals surface area contributed by atoms with E-state index in [2.05, 4.69) is 4.99 Å². The number of allylic oxidation sites excluding steroid dienone is 1. The second kappa shape index (κ2) is 11.3. The normalized spacial score (nSPS) is 15.3. The summed E-state index contributed by atoms with van der Waals surface area (Å²) >= 11 is 15.1. The van der Waals surface area contributed by atoms with E-state index in [1.165, 1.54) is 11.3 Å². The molecule has 5 rings (SSSR count). The predicted octanol–water partition coefficient (Wildman–Crippen LogP) is 6.01. The van der Waals surface area contributed by atoms with Crippen molar-refractivity contribution in [3.8, 4) is 0 Å². The highest BCUT2D eigenvalue weighted by atomic mass is 35.5. The zero-order chi connectivity index (χ0) is 26.8. The molecule has 3 aromatic carbocycles. The van der Waals surface area contributed by atoms with Crippen LogP contribution in [0.15, 0.2) is 98.7 Å². The predicted molar refractivity (Wildman–Crippen MR) is 155 cm³/mol. The summed E-state index contributed by atoms with van der Waals surface area (Å²) in [5, 5.41) is 0.840. The number of ether oxygens (including phenoxy) is 1. The quantitative estimate of drug-likeness (QED) is 0.207. The summed E-state index contributed by atoms with van der Waals surface area (Å²) in [4.78, 5) is 33.5. The molecule has 0 amide bonds. The van der Waals surface area contributed by atoms with Crippen LogP contribution in [0, 0.1) is 0 Å². The Kier molecular flexibility index (Phi) is 7.91. The van der Waals surface area contributed by atoms with Gasteiger partial charge in [-0.2, -0.15) is 0 Å². The molecule has 2 heterocycles. The van der Waals surface area contributed by atoms with E-state index >= 15 is 0 Å². The number of rotatable bonds is 6. The Morgan fingerprint density at radius 3 is 2.50 bits per heavy atom. The third kappa shape index (κ3) is 5.38. The third-order valence-electron chi connectivity index (χ3n) is 6.13. The molecule has 1 unspecified atom stereocenters. The minimum Gasteiger partial charge on any atom is -0.457 e. The van der Waals surface area contributed by atoms with Crippen molar-refractivity contribution in [3.63, 3.8) is 0 Å². The molecule has 0 saturated heterocycles. The number of benzene rings is 3. The lowest BCUT2D eigenvalue weighted by atomic mass is 9.96. The van der Waals surface area contributed by atoms with E-state index in [1.807, 2.05) is 60.9 Å². The molecular weight excluding hydrogens is 559 g/mol. The molecule has 0 N–H and O–H groups in total. The molecule has 1 aromatic heterocycles. The maximum atomic E-state index is 13.8. The molecule has 9 heteroatoms. The lowest BCUT2D eigenvalue weighted by molar-refractivity contribution is -0.140. The highest BCUT2D eigenvalue weighted by Crippen LogP contribution is 2.32. The van der Waals surface area contributed by atoms with Crippen molar-refractivity contribution in [1.82, 2.24) is 4.57 Å². The van der Waals surface area contributed by atoms with E-state index in [4.69, 9.17) is 27.9 Å². The lowest BCUT2D eigenvalue weighted by Crippen LogP contribution is -2.39. The summed E-state index contributed by atoms with van der Waals surface area (Å²) < 4.78 is 7.76. The van der Waals surface area contributed by atoms with Gasteiger partial charge >= 0.3 is 5.97 Å². The van der Waals surface area contributed by atoms with Crippen molar-refractivity contribution in [2.75, 3.05) is 6.26 Å². The van der Waals surface area contributed by atoms with Gasteiger partial charge in [0.1, 0.15) is 6.61 Å². The topological polar surface area (TPSA) is 60.7 Å². The van der Waals surface area contributed by atoms with E-state index in [0.29, 0.717) is 30.6 Å². The maximum absolute atomic E-state index is 13.8. The summed E-state index contributed by atoms with van der Waals surface area (Å²) in [5.74, 6) is -0.507. The number of carbonyl (C=O) groups excluding carboxylic acids is 1. The standard InChI is InChI=1S/C29H22Cl2N2O3S2/c1-17-25(28(35)36-16-18-6-4-3-5-7-18)26(20-9-11-21(37-2)12-10-20)33-27(34)24(38-29(33)32-17)15-19-8-13-22(30)23(31)14-19/h3-15,26H,16H2,1-2H3. The van der Waals surface area contributed by atoms with Crippen molar-refractivity contribution in [1.29, 1.82) is 0 Å². The smallest absolute Gasteiger partial charge is 0.338 e. The van der Waals surface area contributed by atoms with E-state index in [1.54, 1.807) is 47.5 Å². The van der Waals surface area contributed by atoms with Crippen LogP contribution in [0.5, 0.6) is 0 Å². The van der Waals surface area contributed by atoms with Crippen LogP contribution in [0.4, 0.5) is 0 Å². The van der Waals surface area contributed by atoms with Gasteiger partial charge < -0.3 is 4.74 Å². The van der Waals surface area contributed by atoms with Crippen LogP contribution in [-0.2, 0) is 16.1 Å². The van der Waals surface area contributed by atoms with Gasteiger partial charge in [-0.3, -0.25) is 9.36 Å². The summed E-state index contributed by atoms with van der Waals surface area (Å²) in [7, 11) is 0. The van der Waals surface area contributed by atoms with Crippen molar-refractivity contribution >= 4 is 58.3 Å². The number of halogens is 2. The largest absolute Gasteiger partial charge is 0.457 e. The SMILES string of the molecule is CSc1ccc(C2C(C(=O)OCc3ccccc3)=C(C)N=c3sc(=Cc4ccc(Cl)c(Cl)c4)c(=O)n32)cc1. The third-order valence-corrected chi connectivity index (χ3v) is 8.59. The molecule has 5 nitrogen and oxygen atoms in total. The van der Waals surface area contributed by atoms with Crippen LogP contribution in [0.3, 0.4) is 0 Å². The van der Waals surface area contributed by atoms with Crippen LogP contribution in [0.1, 0.15) is 29.7 Å². The van der Waals surface area contributed by atoms with Crippen LogP contribution in [0.2, 0.25) is 10.0 Å². The summed E-state index contributed by atoms with van der Waals surface area (Å²) in [5.41, 5.74) is 3.02. The highest BCUT2D eigenvalue weighted by Gasteiger charge is 2.33. The molecule has 38 heavy (non-hydrogen) atoms. The summed E-state index contributed by atoms with van der Waals surface area (Å²) in [6.45, 7) is 1.90. The maximum Gasteiger partial charge on any atom is 0.338 e. The van der Waals surface area contributed by atoms with Crippen LogP contribution >= 0.6 is 46.3 Å². The van der Waals surface area contributed by atoms with E-state index in [-0.39, 0.29) is 12.2 Å². The Bertz CT molecular complexity index is 1730. The average Bonchev–Trinajstić information content (AvgIpc) is 3.23. The van der Waals surface area contributed by atoms with E-state index in [9.17, 15) is 9.59 Å². The van der Waals surface area contributed by atoms with E-state index < -0.39 is 12.0 Å². The number of esters is 1. The second-order valence-electron chi connectivity index (χ2n) is 8.59. The van der Waals surface area contributed by atoms with Gasteiger partial charge in [0.05, 0.1) is 31.9 Å². The zero-order valence-corrected chi connectivity index (χ0v) is 23.6. The first-order chi connectivity index (χ1) is 18.4. The fraction of sp³-hybridized carbons (Fsp3) is 0.138. The van der Waals surface area contributed by atoms with Gasteiger partial charge in [-0.25, -0.2) is 9.79 Å². The molecule has 1 aliphatic rings. The van der Waals surface area contributed by atoms with Crippen molar-refractivity contribution < 1.29 is 9.53 Å². The Balaban J connectivity index is 1.62. The number of carbonyl (C=O) groups is 1. The van der Waals surface area contributed by atoms with Crippen LogP contribution < -0.4 is 14.9 Å². The Morgan fingerprint density at radius 1 is 1.08 bits per heavy atom. The Morgan fingerprint density at radius 2 is 1.82 bits per heavy atom. The number of fused-ring (bicyclic) bond motifs is 1. The molecule has 0 aliphatic carbocycles. The van der Waals surface area contributed by atoms with Gasteiger partial charge in [-0.15, -0.1) is 11.8 Å². The number of thioether (sulfide) groups is 1. The van der Waals surface area contributed by atoms with Crippen LogP contribution in [-0.4, -0.2) is 16.8 Å². The summed E-state index contributed by atoms with van der Waals surface area (Å²) in [6.07, 6.45) is 3.75. The van der Waals surface area contributed by atoms with Crippen molar-refractivity contribution in [2.24, 2.45) is 4.99 Å². The first kappa shape index (κ1) is 26.5. The fourth-order valence-electron chi connectivity index (χ4n) is 4.24. The van der Waals surface area contributed by atoms with Gasteiger partial charge in [-0.05, 0) is 60.2 Å². The fourth-order valence-corrected chi connectivity index (χ4v) is 6.00. The van der Waals surface area contributed by atoms with Crippen LogP contribution in [0.25, 0.3) is 6.08 Å². The molecule has 0 fully saturated rings. The molecule has 1 aliphatic heterocycles. The molecule has 0 saturated carbocycles. The monoisotopic (exact) mass is 580 g/mol. The second-order valence-corrected chi connectivity index (χ2v) is 11.3. The number of aromatic nitrogens is 1. The number of hydrogen-bond donors (Lipinski definition) is 0. The Labute approximate surface area is 237 Å². The Hall–Kier alpha value is -3.10. The minimum atomic E-state index is -0.679. The molecule has 4 aromatic rings. The van der Waals surface area contributed by atoms with Crippen molar-refractivity contribution in [3.05, 3.63) is 130 Å². The molecule has 0 bridgehead atoms. The van der Waals surface area contributed by atoms with Crippen molar-refractivity contribution in [2.45, 2.75) is 24.5 Å². The molecule has 192 valence electrons. The molecule has 0 spiro atoms. The first-order valence-electron chi connectivity index (χ1n) is 11.7.